The molecular weight excluding hydrogens is 310 g/mol. The van der Waals surface area contributed by atoms with Gasteiger partial charge in [-0.2, -0.15) is 10.5 Å². The van der Waals surface area contributed by atoms with E-state index in [1.807, 2.05) is 43.3 Å². The number of nitrogen functional groups attached to an aromatic ring is 1. The van der Waals surface area contributed by atoms with E-state index in [1.54, 1.807) is 0 Å². The Morgan fingerprint density at radius 2 is 1.91 bits per heavy atom. The zero-order valence-corrected chi connectivity index (χ0v) is 13.1. The summed E-state index contributed by atoms with van der Waals surface area (Å²) in [5.41, 5.74) is 8.33. The van der Waals surface area contributed by atoms with Gasteiger partial charge in [0.05, 0.1) is 5.69 Å². The number of hydrogen-bond acceptors (Lipinski definition) is 6. The molecule has 0 bridgehead atoms. The molecule has 0 saturated heterocycles. The zero-order valence-electron chi connectivity index (χ0n) is 12.3. The number of aryl methyl sites for hydroxylation is 1. The van der Waals surface area contributed by atoms with E-state index in [0.29, 0.717) is 11.3 Å². The molecule has 0 aliphatic heterocycles. The molecule has 0 fully saturated rings. The standard InChI is InChI=1S/C16H13N5OS/c1-10-2-4-12(5-3-10)20-16(22)23-9-11-6-13(19)15(8-18)21-14(11)7-17/h2-6H,9,19H2,1H3,(H,20,22). The van der Waals surface area contributed by atoms with Crippen LogP contribution < -0.4 is 11.1 Å². The van der Waals surface area contributed by atoms with Gasteiger partial charge in [0, 0.05) is 17.0 Å². The number of hydrogen-bond donors (Lipinski definition) is 2. The lowest BCUT2D eigenvalue weighted by Crippen LogP contribution is -2.06. The number of nitrogens with zero attached hydrogens (tertiary/aromatic N) is 3. The quantitative estimate of drug-likeness (QED) is 0.896. The minimum absolute atomic E-state index is 0.0133. The van der Waals surface area contributed by atoms with Crippen LogP contribution in [0.4, 0.5) is 16.2 Å². The van der Waals surface area contributed by atoms with Gasteiger partial charge in [0.1, 0.15) is 17.8 Å². The number of nitrogens with two attached hydrogens (primary N) is 1. The van der Waals surface area contributed by atoms with E-state index in [9.17, 15) is 4.79 Å². The number of pyridine rings is 1. The number of nitriles is 2. The third-order valence-electron chi connectivity index (χ3n) is 3.00. The number of carbonyl (C=O) groups is 1. The first-order valence-corrected chi connectivity index (χ1v) is 7.62. The van der Waals surface area contributed by atoms with Crippen molar-refractivity contribution in [1.82, 2.24) is 4.98 Å². The highest BCUT2D eigenvalue weighted by Gasteiger charge is 2.12. The Morgan fingerprint density at radius 3 is 2.52 bits per heavy atom. The maximum atomic E-state index is 11.9. The number of amides is 1. The number of thioether (sulfide) groups is 1. The van der Waals surface area contributed by atoms with Crippen LogP contribution in [0.15, 0.2) is 30.3 Å². The molecule has 0 aliphatic rings. The molecule has 7 heteroatoms. The van der Waals surface area contributed by atoms with E-state index >= 15 is 0 Å². The molecule has 6 nitrogen and oxygen atoms in total. The fourth-order valence-corrected chi connectivity index (χ4v) is 2.50. The number of rotatable bonds is 3. The van der Waals surface area contributed by atoms with Crippen molar-refractivity contribution in [1.29, 1.82) is 10.5 Å². The van der Waals surface area contributed by atoms with Crippen molar-refractivity contribution in [3.05, 3.63) is 52.8 Å². The minimum atomic E-state index is -0.249. The molecule has 0 radical (unpaired) electrons. The molecule has 1 aromatic carbocycles. The van der Waals surface area contributed by atoms with Crippen LogP contribution in [0.3, 0.4) is 0 Å². The van der Waals surface area contributed by atoms with Gasteiger partial charge in [-0.25, -0.2) is 4.98 Å². The molecule has 3 N–H and O–H groups in total. The largest absolute Gasteiger partial charge is 0.396 e. The lowest BCUT2D eigenvalue weighted by Gasteiger charge is -2.07. The van der Waals surface area contributed by atoms with Gasteiger partial charge in [-0.05, 0) is 25.1 Å². The van der Waals surface area contributed by atoms with Crippen LogP contribution in [-0.4, -0.2) is 10.2 Å². The molecule has 0 spiro atoms. The highest BCUT2D eigenvalue weighted by Crippen LogP contribution is 2.21. The second-order valence-corrected chi connectivity index (χ2v) is 5.67. The Labute approximate surface area is 137 Å². The van der Waals surface area contributed by atoms with Crippen LogP contribution in [0.25, 0.3) is 0 Å². The van der Waals surface area contributed by atoms with Crippen LogP contribution in [-0.2, 0) is 5.75 Å². The zero-order chi connectivity index (χ0) is 16.8. The second-order valence-electron chi connectivity index (χ2n) is 4.72. The summed E-state index contributed by atoms with van der Waals surface area (Å²) >= 11 is 1.00. The van der Waals surface area contributed by atoms with Gasteiger partial charge in [0.15, 0.2) is 5.69 Å². The number of benzene rings is 1. The van der Waals surface area contributed by atoms with Crippen molar-refractivity contribution >= 4 is 28.4 Å². The van der Waals surface area contributed by atoms with Crippen molar-refractivity contribution in [2.24, 2.45) is 0 Å². The maximum absolute atomic E-state index is 11.9. The summed E-state index contributed by atoms with van der Waals surface area (Å²) in [5.74, 6) is 0.240. The van der Waals surface area contributed by atoms with E-state index in [-0.39, 0.29) is 28.1 Å². The number of aromatic nitrogens is 1. The number of nitrogens with one attached hydrogen (secondary N) is 1. The summed E-state index contributed by atoms with van der Waals surface area (Å²) in [4.78, 5) is 15.8. The van der Waals surface area contributed by atoms with E-state index in [1.165, 1.54) is 6.07 Å². The van der Waals surface area contributed by atoms with Gasteiger partial charge < -0.3 is 11.1 Å². The van der Waals surface area contributed by atoms with E-state index in [4.69, 9.17) is 16.3 Å². The average Bonchev–Trinajstić information content (AvgIpc) is 2.55. The van der Waals surface area contributed by atoms with Crippen molar-refractivity contribution in [3.8, 4) is 12.1 Å². The SMILES string of the molecule is Cc1ccc(NC(=O)SCc2cc(N)c(C#N)nc2C#N)cc1. The van der Waals surface area contributed by atoms with Crippen molar-refractivity contribution in [2.45, 2.75) is 12.7 Å². The summed E-state index contributed by atoms with van der Waals surface area (Å²) in [6.45, 7) is 1.96. The summed E-state index contributed by atoms with van der Waals surface area (Å²) < 4.78 is 0. The third kappa shape index (κ3) is 4.22. The van der Waals surface area contributed by atoms with Crippen molar-refractivity contribution in [3.63, 3.8) is 0 Å². The van der Waals surface area contributed by atoms with E-state index < -0.39 is 0 Å². The minimum Gasteiger partial charge on any atom is -0.396 e. The van der Waals surface area contributed by atoms with E-state index in [0.717, 1.165) is 17.3 Å². The molecule has 1 amide bonds. The average molecular weight is 323 g/mol. The van der Waals surface area contributed by atoms with Crippen LogP contribution in [0.5, 0.6) is 0 Å². The van der Waals surface area contributed by atoms with Gasteiger partial charge in [0.2, 0.25) is 0 Å². The molecule has 2 aromatic rings. The van der Waals surface area contributed by atoms with Crippen LogP contribution >= 0.6 is 11.8 Å². The smallest absolute Gasteiger partial charge is 0.283 e. The Morgan fingerprint density at radius 1 is 1.26 bits per heavy atom. The van der Waals surface area contributed by atoms with Gasteiger partial charge in [0.25, 0.3) is 5.24 Å². The summed E-state index contributed by atoms with van der Waals surface area (Å²) in [6.07, 6.45) is 0. The third-order valence-corrected chi connectivity index (χ3v) is 3.82. The molecule has 1 aromatic heterocycles. The number of anilines is 2. The van der Waals surface area contributed by atoms with Crippen molar-refractivity contribution < 1.29 is 4.79 Å². The molecule has 2 rings (SSSR count). The lowest BCUT2D eigenvalue weighted by atomic mass is 10.2. The van der Waals surface area contributed by atoms with Crippen LogP contribution in [0, 0.1) is 29.6 Å². The fraction of sp³-hybridized carbons (Fsp3) is 0.125. The first kappa shape index (κ1) is 16.3. The van der Waals surface area contributed by atoms with Crippen molar-refractivity contribution in [2.75, 3.05) is 11.1 Å². The highest BCUT2D eigenvalue weighted by atomic mass is 32.2. The van der Waals surface area contributed by atoms with Crippen LogP contribution in [0.1, 0.15) is 22.5 Å². The van der Waals surface area contributed by atoms with Crippen LogP contribution in [0.2, 0.25) is 0 Å². The predicted octanol–water partition coefficient (Wildman–Crippen LogP) is 3.18. The molecule has 0 atom stereocenters. The fourth-order valence-electron chi connectivity index (χ4n) is 1.80. The van der Waals surface area contributed by atoms with Gasteiger partial charge in [-0.3, -0.25) is 4.79 Å². The topological polar surface area (TPSA) is 116 Å². The maximum Gasteiger partial charge on any atom is 0.283 e. The van der Waals surface area contributed by atoms with E-state index in [2.05, 4.69) is 10.3 Å². The molecule has 114 valence electrons. The van der Waals surface area contributed by atoms with Gasteiger partial charge in [-0.1, -0.05) is 29.5 Å². The highest BCUT2D eigenvalue weighted by molar-refractivity contribution is 8.13. The summed E-state index contributed by atoms with van der Waals surface area (Å²) in [6, 6.07) is 12.7. The molecule has 0 aliphatic carbocycles. The summed E-state index contributed by atoms with van der Waals surface area (Å²) in [7, 11) is 0. The molecule has 0 saturated carbocycles. The lowest BCUT2D eigenvalue weighted by molar-refractivity contribution is 0.269. The first-order valence-electron chi connectivity index (χ1n) is 6.63. The Balaban J connectivity index is 2.04. The molecule has 23 heavy (non-hydrogen) atoms. The van der Waals surface area contributed by atoms with Gasteiger partial charge >= 0.3 is 0 Å². The second kappa shape index (κ2) is 7.30. The molecule has 0 unspecified atom stereocenters. The Kier molecular flexibility index (Phi) is 5.19. The molecule has 1 heterocycles. The Bertz CT molecular complexity index is 818. The predicted molar refractivity (Wildman–Crippen MR) is 89.6 cm³/mol. The Hall–Kier alpha value is -3.03. The summed E-state index contributed by atoms with van der Waals surface area (Å²) in [5, 5.41) is 20.4. The monoisotopic (exact) mass is 323 g/mol. The number of carbonyl (C=O) groups excluding carboxylic acids is 1. The normalized spacial score (nSPS) is 9.70. The molecular formula is C16H13N5OS. The first-order chi connectivity index (χ1) is 11.0. The van der Waals surface area contributed by atoms with Gasteiger partial charge in [-0.15, -0.1) is 0 Å².